The zero-order valence-electron chi connectivity index (χ0n) is 17.2. The molecule has 1 N–H and O–H groups in total. The van der Waals surface area contributed by atoms with Crippen LogP contribution in [0.3, 0.4) is 0 Å². The SMILES string of the molecule is CCOC(=O)N1CCN(c2ccc(N3C[C@H](CNC(=S)C4CC4)OC3=O)cc2)CC1. The van der Waals surface area contributed by atoms with E-state index in [9.17, 15) is 9.59 Å². The molecule has 1 saturated carbocycles. The maximum absolute atomic E-state index is 12.3. The van der Waals surface area contributed by atoms with Gasteiger partial charge in [0.05, 0.1) is 24.7 Å². The van der Waals surface area contributed by atoms with Gasteiger partial charge in [0.1, 0.15) is 6.10 Å². The van der Waals surface area contributed by atoms with E-state index in [4.69, 9.17) is 21.7 Å². The van der Waals surface area contributed by atoms with Crippen LogP contribution in [-0.4, -0.2) is 74.1 Å². The Hall–Kier alpha value is -2.55. The average Bonchev–Trinajstić information content (AvgIpc) is 3.55. The number of nitrogens with zero attached hydrogens (tertiary/aromatic N) is 3. The van der Waals surface area contributed by atoms with E-state index in [1.54, 1.807) is 9.80 Å². The smallest absolute Gasteiger partial charge is 0.414 e. The molecule has 3 fully saturated rings. The fourth-order valence-corrected chi connectivity index (χ4v) is 4.07. The highest BCUT2D eigenvalue weighted by Gasteiger charge is 2.33. The molecule has 9 heteroatoms. The first-order valence-electron chi connectivity index (χ1n) is 10.6. The van der Waals surface area contributed by atoms with Gasteiger partial charge in [-0.2, -0.15) is 0 Å². The lowest BCUT2D eigenvalue weighted by Gasteiger charge is -2.35. The molecule has 1 aromatic carbocycles. The van der Waals surface area contributed by atoms with Crippen LogP contribution in [0.15, 0.2) is 24.3 Å². The second kappa shape index (κ2) is 9.07. The van der Waals surface area contributed by atoms with Crippen LogP contribution in [0.1, 0.15) is 19.8 Å². The molecule has 0 aromatic heterocycles. The molecule has 2 amide bonds. The summed E-state index contributed by atoms with van der Waals surface area (Å²) >= 11 is 5.34. The van der Waals surface area contributed by atoms with E-state index >= 15 is 0 Å². The van der Waals surface area contributed by atoms with Gasteiger partial charge in [0, 0.05) is 43.5 Å². The van der Waals surface area contributed by atoms with Gasteiger partial charge < -0.3 is 24.6 Å². The minimum absolute atomic E-state index is 0.204. The van der Waals surface area contributed by atoms with Gasteiger partial charge in [-0.1, -0.05) is 12.2 Å². The number of hydrogen-bond donors (Lipinski definition) is 1. The van der Waals surface area contributed by atoms with E-state index in [-0.39, 0.29) is 18.3 Å². The maximum atomic E-state index is 12.3. The molecule has 3 aliphatic rings. The lowest BCUT2D eigenvalue weighted by Crippen LogP contribution is -2.49. The van der Waals surface area contributed by atoms with Crippen molar-refractivity contribution in [3.63, 3.8) is 0 Å². The largest absolute Gasteiger partial charge is 0.450 e. The van der Waals surface area contributed by atoms with Gasteiger partial charge in [0.25, 0.3) is 0 Å². The second-order valence-corrected chi connectivity index (χ2v) is 8.27. The number of ether oxygens (including phenoxy) is 2. The first-order valence-corrected chi connectivity index (χ1v) is 11.0. The number of nitrogens with one attached hydrogen (secondary N) is 1. The third-order valence-electron chi connectivity index (χ3n) is 5.66. The number of carbonyl (C=O) groups is 2. The van der Waals surface area contributed by atoms with Gasteiger partial charge in [-0.05, 0) is 44.0 Å². The van der Waals surface area contributed by atoms with Gasteiger partial charge in [-0.25, -0.2) is 9.59 Å². The van der Waals surface area contributed by atoms with Crippen molar-refractivity contribution in [2.45, 2.75) is 25.9 Å². The third-order valence-corrected chi connectivity index (χ3v) is 6.14. The topological polar surface area (TPSA) is 74.3 Å². The predicted molar refractivity (Wildman–Crippen MR) is 118 cm³/mol. The van der Waals surface area contributed by atoms with Crippen LogP contribution in [0.4, 0.5) is 21.0 Å². The molecule has 1 atom stereocenters. The highest BCUT2D eigenvalue weighted by Crippen LogP contribution is 2.30. The molecule has 8 nitrogen and oxygen atoms in total. The first-order chi connectivity index (χ1) is 14.5. The van der Waals surface area contributed by atoms with Crippen LogP contribution in [0.5, 0.6) is 0 Å². The van der Waals surface area contributed by atoms with Gasteiger partial charge in [-0.15, -0.1) is 0 Å². The van der Waals surface area contributed by atoms with Crippen molar-refractivity contribution in [1.82, 2.24) is 10.2 Å². The molecule has 1 aromatic rings. The van der Waals surface area contributed by atoms with Crippen LogP contribution >= 0.6 is 12.2 Å². The summed E-state index contributed by atoms with van der Waals surface area (Å²) in [5.74, 6) is 0.514. The molecule has 0 unspecified atom stereocenters. The summed E-state index contributed by atoms with van der Waals surface area (Å²) in [4.78, 5) is 30.6. The Kier molecular flexibility index (Phi) is 6.26. The molecular formula is C21H28N4O4S. The quantitative estimate of drug-likeness (QED) is 0.693. The highest BCUT2D eigenvalue weighted by atomic mass is 32.1. The van der Waals surface area contributed by atoms with Crippen molar-refractivity contribution >= 4 is 40.8 Å². The van der Waals surface area contributed by atoms with Crippen molar-refractivity contribution in [1.29, 1.82) is 0 Å². The number of anilines is 2. The van der Waals surface area contributed by atoms with Crippen molar-refractivity contribution in [2.24, 2.45) is 5.92 Å². The summed E-state index contributed by atoms with van der Waals surface area (Å²) < 4.78 is 10.6. The van der Waals surface area contributed by atoms with Gasteiger partial charge in [-0.3, -0.25) is 4.90 Å². The van der Waals surface area contributed by atoms with Crippen LogP contribution < -0.4 is 15.1 Å². The van der Waals surface area contributed by atoms with E-state index in [1.165, 1.54) is 0 Å². The van der Waals surface area contributed by atoms with Gasteiger partial charge in [0.2, 0.25) is 0 Å². The molecule has 4 rings (SSSR count). The van der Waals surface area contributed by atoms with Crippen molar-refractivity contribution in [3.8, 4) is 0 Å². The summed E-state index contributed by atoms with van der Waals surface area (Å²) in [5, 5.41) is 3.23. The maximum Gasteiger partial charge on any atom is 0.414 e. The highest BCUT2D eigenvalue weighted by molar-refractivity contribution is 7.80. The predicted octanol–water partition coefficient (Wildman–Crippen LogP) is 2.62. The molecule has 2 aliphatic heterocycles. The van der Waals surface area contributed by atoms with Crippen LogP contribution in [0, 0.1) is 5.92 Å². The van der Waals surface area contributed by atoms with Crippen molar-refractivity contribution < 1.29 is 19.1 Å². The molecule has 0 spiro atoms. The second-order valence-electron chi connectivity index (χ2n) is 7.83. The Balaban J connectivity index is 1.28. The van der Waals surface area contributed by atoms with E-state index in [2.05, 4.69) is 10.2 Å². The fraction of sp³-hybridized carbons (Fsp3) is 0.571. The minimum atomic E-state index is -0.324. The zero-order chi connectivity index (χ0) is 21.1. The molecule has 162 valence electrons. The number of thiocarbonyl (C=S) groups is 1. The lowest BCUT2D eigenvalue weighted by atomic mass is 10.2. The normalized spacial score (nSPS) is 21.4. The van der Waals surface area contributed by atoms with E-state index in [0.717, 1.165) is 42.3 Å². The summed E-state index contributed by atoms with van der Waals surface area (Å²) in [5.41, 5.74) is 1.89. The fourth-order valence-electron chi connectivity index (χ4n) is 3.75. The van der Waals surface area contributed by atoms with Crippen LogP contribution in [-0.2, 0) is 9.47 Å². The van der Waals surface area contributed by atoms with E-state index in [0.29, 0.717) is 38.7 Å². The number of amides is 2. The molecular weight excluding hydrogens is 404 g/mol. The Morgan fingerprint density at radius 1 is 1.17 bits per heavy atom. The molecule has 2 heterocycles. The number of rotatable bonds is 6. The summed E-state index contributed by atoms with van der Waals surface area (Å²) in [7, 11) is 0. The Morgan fingerprint density at radius 2 is 1.83 bits per heavy atom. The summed E-state index contributed by atoms with van der Waals surface area (Å²) in [6, 6.07) is 7.91. The number of piperazine rings is 1. The Labute approximate surface area is 182 Å². The Bertz CT molecular complexity index is 791. The van der Waals surface area contributed by atoms with E-state index in [1.807, 2.05) is 31.2 Å². The number of benzene rings is 1. The van der Waals surface area contributed by atoms with Crippen molar-refractivity contribution in [2.75, 3.05) is 55.7 Å². The monoisotopic (exact) mass is 432 g/mol. The molecule has 0 bridgehead atoms. The molecule has 1 aliphatic carbocycles. The number of carbonyl (C=O) groups excluding carboxylic acids is 2. The van der Waals surface area contributed by atoms with Gasteiger partial charge >= 0.3 is 12.2 Å². The lowest BCUT2D eigenvalue weighted by molar-refractivity contribution is 0.105. The van der Waals surface area contributed by atoms with Gasteiger partial charge in [0.15, 0.2) is 0 Å². The number of hydrogen-bond acceptors (Lipinski definition) is 6. The third kappa shape index (κ3) is 4.77. The standard InChI is InChI=1S/C21H28N4O4S/c1-2-28-20(26)24-11-9-23(10-12-24)16-5-7-17(8-6-16)25-14-18(29-21(25)27)13-22-19(30)15-3-4-15/h5-8,15,18H,2-4,9-14H2,1H3,(H,22,30)/t18-/m0/s1. The molecule has 0 radical (unpaired) electrons. The molecule has 2 saturated heterocycles. The molecule has 30 heavy (non-hydrogen) atoms. The van der Waals surface area contributed by atoms with E-state index < -0.39 is 0 Å². The van der Waals surface area contributed by atoms with Crippen LogP contribution in [0.2, 0.25) is 0 Å². The zero-order valence-corrected chi connectivity index (χ0v) is 18.0. The van der Waals surface area contributed by atoms with Crippen LogP contribution in [0.25, 0.3) is 0 Å². The average molecular weight is 433 g/mol. The minimum Gasteiger partial charge on any atom is -0.450 e. The summed E-state index contributed by atoms with van der Waals surface area (Å²) in [6.45, 7) is 6.04. The number of cyclic esters (lactones) is 1. The van der Waals surface area contributed by atoms with Crippen molar-refractivity contribution in [3.05, 3.63) is 24.3 Å². The first kappa shape index (κ1) is 20.7. The Morgan fingerprint density at radius 3 is 2.47 bits per heavy atom. The summed E-state index contributed by atoms with van der Waals surface area (Å²) in [6.07, 6.45) is 1.54.